The van der Waals surface area contributed by atoms with Gasteiger partial charge in [0.15, 0.2) is 6.54 Å². The summed E-state index contributed by atoms with van der Waals surface area (Å²) in [5.74, 6) is -1.18. The molecule has 3 amide bonds. The molecule has 6 heteroatoms. The monoisotopic (exact) mass is 391 g/mol. The molecule has 0 spiro atoms. The third-order valence-electron chi connectivity index (χ3n) is 4.70. The molecule has 1 unspecified atom stereocenters. The Morgan fingerprint density at radius 1 is 1.00 bits per heavy atom. The molecule has 1 aliphatic carbocycles. The van der Waals surface area contributed by atoms with Gasteiger partial charge in [0.2, 0.25) is 5.78 Å². The quantitative estimate of drug-likeness (QED) is 0.587. The van der Waals surface area contributed by atoms with Crippen molar-refractivity contribution in [2.75, 3.05) is 11.4 Å². The number of urea groups is 1. The molecule has 0 radical (unpaired) electrons. The Morgan fingerprint density at radius 3 is 2.43 bits per heavy atom. The Hall–Kier alpha value is -3.31. The number of anilines is 1. The average molecular weight is 392 g/mol. The van der Waals surface area contributed by atoms with Gasteiger partial charge in [-0.2, -0.15) is 9.37 Å². The molecule has 1 aliphatic heterocycles. The molecule has 0 fully saturated rings. The smallest absolute Gasteiger partial charge is 0.290 e. The zero-order valence-corrected chi connectivity index (χ0v) is 15.5. The van der Waals surface area contributed by atoms with Gasteiger partial charge in [0.05, 0.1) is 0 Å². The number of amides is 3. The van der Waals surface area contributed by atoms with Crippen LogP contribution in [0.15, 0.2) is 78.9 Å². The first-order valence-corrected chi connectivity index (χ1v) is 9.15. The molecule has 2 aliphatic rings. The van der Waals surface area contributed by atoms with Crippen molar-refractivity contribution < 1.29 is 19.0 Å². The second-order valence-electron chi connectivity index (χ2n) is 6.45. The number of rotatable bonds is 4. The van der Waals surface area contributed by atoms with Crippen molar-refractivity contribution in [2.24, 2.45) is 5.92 Å². The molecule has 1 heterocycles. The van der Waals surface area contributed by atoms with Crippen molar-refractivity contribution in [1.29, 1.82) is 0 Å². The van der Waals surface area contributed by atoms with Gasteiger partial charge in [-0.3, -0.25) is 4.79 Å². The second kappa shape index (κ2) is 7.37. The van der Waals surface area contributed by atoms with Crippen molar-refractivity contribution >= 4 is 40.7 Å². The van der Waals surface area contributed by atoms with E-state index in [4.69, 9.17) is 11.6 Å². The number of halogens is 1. The summed E-state index contributed by atoms with van der Waals surface area (Å²) in [5.41, 5.74) is 1.43. The van der Waals surface area contributed by atoms with Gasteiger partial charge in [-0.15, -0.1) is 4.90 Å². The number of allylic oxidation sites excluding steroid dienone is 3. The van der Waals surface area contributed by atoms with Gasteiger partial charge >= 0.3 is 11.9 Å². The molecule has 0 saturated carbocycles. The summed E-state index contributed by atoms with van der Waals surface area (Å²) < 4.78 is 1.37. The molecule has 5 nitrogen and oxygen atoms in total. The number of hydrogen-bond donors (Lipinski definition) is 0. The highest BCUT2D eigenvalue weighted by Gasteiger charge is 2.48. The van der Waals surface area contributed by atoms with E-state index < -0.39 is 11.9 Å². The first-order valence-electron chi connectivity index (χ1n) is 8.77. The van der Waals surface area contributed by atoms with Crippen molar-refractivity contribution in [3.8, 4) is 0 Å². The van der Waals surface area contributed by atoms with Crippen molar-refractivity contribution in [1.82, 2.24) is 0 Å². The van der Waals surface area contributed by atoms with E-state index in [0.29, 0.717) is 22.0 Å². The third-order valence-corrected chi connectivity index (χ3v) is 4.95. The Balaban J connectivity index is 1.76. The fourth-order valence-electron chi connectivity index (χ4n) is 3.31. The van der Waals surface area contributed by atoms with E-state index in [9.17, 15) is 14.4 Å². The summed E-state index contributed by atoms with van der Waals surface area (Å²) in [6, 6.07) is 14.7. The minimum atomic E-state index is -0.623. The van der Waals surface area contributed by atoms with Crippen LogP contribution in [0.25, 0.3) is 0 Å². The SMILES string of the molecule is O=C(C[N+]1=C2C=CC=CC2C(=O)N(c2ccc(Cl)cc2)C1=O)c1ccccc1. The van der Waals surface area contributed by atoms with E-state index in [1.54, 1.807) is 72.8 Å². The molecule has 0 N–H and O–H groups in total. The van der Waals surface area contributed by atoms with Crippen LogP contribution in [-0.4, -0.2) is 34.6 Å². The van der Waals surface area contributed by atoms with Gasteiger partial charge in [0.1, 0.15) is 17.3 Å². The van der Waals surface area contributed by atoms with Gasteiger partial charge in [-0.1, -0.05) is 60.2 Å². The molecule has 0 saturated heterocycles. The van der Waals surface area contributed by atoms with E-state index in [2.05, 4.69) is 0 Å². The lowest BCUT2D eigenvalue weighted by Crippen LogP contribution is -2.55. The number of imide groups is 1. The maximum absolute atomic E-state index is 13.2. The zero-order chi connectivity index (χ0) is 19.7. The molecule has 2 aromatic carbocycles. The fourth-order valence-corrected chi connectivity index (χ4v) is 3.43. The van der Waals surface area contributed by atoms with Crippen LogP contribution in [0.1, 0.15) is 10.4 Å². The highest BCUT2D eigenvalue weighted by Crippen LogP contribution is 2.26. The zero-order valence-electron chi connectivity index (χ0n) is 14.8. The predicted octanol–water partition coefficient (Wildman–Crippen LogP) is 3.89. The average Bonchev–Trinajstić information content (AvgIpc) is 2.73. The maximum Gasteiger partial charge on any atom is 0.506 e. The highest BCUT2D eigenvalue weighted by atomic mass is 35.5. The van der Waals surface area contributed by atoms with E-state index >= 15 is 0 Å². The van der Waals surface area contributed by atoms with Crippen molar-refractivity contribution in [3.63, 3.8) is 0 Å². The number of fused-ring (bicyclic) bond motifs is 1. The Morgan fingerprint density at radius 2 is 1.71 bits per heavy atom. The summed E-state index contributed by atoms with van der Waals surface area (Å²) in [4.78, 5) is 40.1. The Kier molecular flexibility index (Phi) is 4.75. The summed E-state index contributed by atoms with van der Waals surface area (Å²) in [7, 11) is 0. The molecule has 28 heavy (non-hydrogen) atoms. The van der Waals surface area contributed by atoms with Crippen LogP contribution in [-0.2, 0) is 4.79 Å². The predicted molar refractivity (Wildman–Crippen MR) is 107 cm³/mol. The van der Waals surface area contributed by atoms with E-state index in [-0.39, 0.29) is 18.2 Å². The molecule has 4 rings (SSSR count). The first kappa shape index (κ1) is 18.1. The number of benzene rings is 2. The topological polar surface area (TPSA) is 57.5 Å². The highest BCUT2D eigenvalue weighted by molar-refractivity contribution is 6.31. The molecule has 1 atom stereocenters. The van der Waals surface area contributed by atoms with Crippen LogP contribution in [0.5, 0.6) is 0 Å². The van der Waals surface area contributed by atoms with E-state index in [1.807, 2.05) is 6.07 Å². The molecule has 138 valence electrons. The van der Waals surface area contributed by atoms with Gasteiger partial charge in [0.25, 0.3) is 0 Å². The minimum absolute atomic E-state index is 0.149. The number of hydrogen-bond acceptors (Lipinski definition) is 3. The molecule has 0 bridgehead atoms. The van der Waals surface area contributed by atoms with Gasteiger partial charge in [0, 0.05) is 10.6 Å². The van der Waals surface area contributed by atoms with Gasteiger partial charge in [-0.05, 0) is 30.3 Å². The lowest BCUT2D eigenvalue weighted by atomic mass is 9.94. The van der Waals surface area contributed by atoms with Crippen LogP contribution in [0.3, 0.4) is 0 Å². The third kappa shape index (κ3) is 3.21. The molecular weight excluding hydrogens is 376 g/mol. The summed E-state index contributed by atoms with van der Waals surface area (Å²) in [5, 5.41) is 0.504. The van der Waals surface area contributed by atoms with Crippen LogP contribution in [0.4, 0.5) is 10.5 Å². The fraction of sp³-hybridized carbons (Fsp3) is 0.0909. The Labute approximate surface area is 166 Å². The summed E-state index contributed by atoms with van der Waals surface area (Å²) >= 11 is 5.93. The van der Waals surface area contributed by atoms with E-state index in [0.717, 1.165) is 4.90 Å². The Bertz CT molecular complexity index is 1050. The van der Waals surface area contributed by atoms with E-state index in [1.165, 1.54) is 4.58 Å². The minimum Gasteiger partial charge on any atom is -0.290 e. The first-order chi connectivity index (χ1) is 13.6. The number of nitrogens with zero attached hydrogens (tertiary/aromatic N) is 2. The normalized spacial score (nSPS) is 18.5. The lowest BCUT2D eigenvalue weighted by Gasteiger charge is -2.26. The second-order valence-corrected chi connectivity index (χ2v) is 6.89. The molecule has 0 aromatic heterocycles. The maximum atomic E-state index is 13.2. The largest absolute Gasteiger partial charge is 0.506 e. The number of carbonyl (C=O) groups excluding carboxylic acids is 3. The van der Waals surface area contributed by atoms with Crippen molar-refractivity contribution in [2.45, 2.75) is 0 Å². The standard InChI is InChI=1S/C22H16ClN2O3/c23-16-10-12-17(13-11-16)25-21(27)18-8-4-5-9-19(18)24(22(25)28)14-20(26)15-6-2-1-3-7-15/h1-13,18H,14H2/q+1. The van der Waals surface area contributed by atoms with Gasteiger partial charge in [-0.25, -0.2) is 4.79 Å². The molecular formula is C22H16ClN2O3+. The summed E-state index contributed by atoms with van der Waals surface area (Å²) in [6.07, 6.45) is 6.95. The van der Waals surface area contributed by atoms with Crippen LogP contribution in [0, 0.1) is 5.92 Å². The number of Topliss-reactive ketones (excluding diaryl/α,β-unsaturated/α-hetero) is 1. The van der Waals surface area contributed by atoms with Crippen LogP contribution in [0.2, 0.25) is 5.02 Å². The summed E-state index contributed by atoms with van der Waals surface area (Å²) in [6.45, 7) is -0.149. The number of carbonyl (C=O) groups is 3. The van der Waals surface area contributed by atoms with Gasteiger partial charge < -0.3 is 0 Å². The number of ketones is 1. The van der Waals surface area contributed by atoms with Crippen LogP contribution < -0.4 is 4.90 Å². The van der Waals surface area contributed by atoms with Crippen molar-refractivity contribution in [3.05, 3.63) is 89.5 Å². The molecule has 2 aromatic rings. The van der Waals surface area contributed by atoms with Crippen LogP contribution >= 0.6 is 11.6 Å². The lowest BCUT2D eigenvalue weighted by molar-refractivity contribution is -0.413.